The van der Waals surface area contributed by atoms with Gasteiger partial charge in [-0.1, -0.05) is 12.1 Å². The number of piperazine rings is 1. The number of ether oxygens (including phenoxy) is 1. The standard InChI is InChI=1S/C56H59FN12O8/c1-30(2)69-42-12-6-32(23-34(42)27-59-69)46-47-49-44(63(3)56(76)67(49)37-8-7-35(25-37)60-55(75)77-4)28-58-50(47)62-48(46)33-5-10-39(41(57)24-33)52(72)66-17-15-31(16-18-66)29-64-19-21-65(22-20-64)36-9-11-38-40(26-36)54(74)68(53(38)73)43-13-14-45(70)61-51(43)71/h5-6,9-12,23-24,26-28,30-31,35,37,43H,7-8,13-22,25,29H2,1-4H3,(H,58,62)(H,60,75)(H,61,70,71)/t35-,37-,43?/m1/s1. The van der Waals surface area contributed by atoms with Crippen LogP contribution in [0.2, 0.25) is 0 Å². The van der Waals surface area contributed by atoms with Gasteiger partial charge in [0.05, 0.1) is 63.8 Å². The van der Waals surface area contributed by atoms with Crippen LogP contribution < -0.4 is 21.2 Å². The minimum atomic E-state index is -1.02. The normalized spacial score (nSPS) is 20.6. The third-order valence-electron chi connectivity index (χ3n) is 16.6. The van der Waals surface area contributed by atoms with Crippen LogP contribution in [0.3, 0.4) is 0 Å². The minimum absolute atomic E-state index is 0.0152. The maximum absolute atomic E-state index is 16.7. The van der Waals surface area contributed by atoms with Crippen LogP contribution in [-0.4, -0.2) is 144 Å². The van der Waals surface area contributed by atoms with E-state index in [-0.39, 0.29) is 59.3 Å². The van der Waals surface area contributed by atoms with Gasteiger partial charge in [0, 0.05) is 99.6 Å². The third kappa shape index (κ3) is 8.60. The molecule has 4 aliphatic heterocycles. The smallest absolute Gasteiger partial charge is 0.407 e. The Balaban J connectivity index is 0.750. The minimum Gasteiger partial charge on any atom is -0.453 e. The number of aryl methyl sites for hydroxylation is 1. The Hall–Kier alpha value is -8.20. The van der Waals surface area contributed by atoms with Gasteiger partial charge < -0.3 is 24.8 Å². The molecular formula is C56H59FN12O8. The van der Waals surface area contributed by atoms with Crippen LogP contribution >= 0.6 is 0 Å². The van der Waals surface area contributed by atoms with Crippen molar-refractivity contribution >= 4 is 74.3 Å². The molecule has 0 bridgehead atoms. The Morgan fingerprint density at radius 2 is 1.61 bits per heavy atom. The molecule has 7 aromatic rings. The Labute approximate surface area is 441 Å². The number of fused-ring (bicyclic) bond motifs is 5. The van der Waals surface area contributed by atoms with Crippen molar-refractivity contribution in [3.8, 4) is 22.4 Å². The van der Waals surface area contributed by atoms with Crippen LogP contribution in [0.4, 0.5) is 14.9 Å². The van der Waals surface area contributed by atoms with Gasteiger partial charge in [-0.25, -0.2) is 19.0 Å². The first kappa shape index (κ1) is 49.7. The van der Waals surface area contributed by atoms with Crippen molar-refractivity contribution in [2.24, 2.45) is 13.0 Å². The first-order valence-electron chi connectivity index (χ1n) is 26.5. The number of H-pyrrole nitrogens is 1. The predicted octanol–water partition coefficient (Wildman–Crippen LogP) is 6.15. The number of benzene rings is 3. The summed E-state index contributed by atoms with van der Waals surface area (Å²) in [5.74, 6) is -2.79. The van der Waals surface area contributed by atoms with E-state index in [0.29, 0.717) is 84.7 Å². The molecule has 3 saturated heterocycles. The van der Waals surface area contributed by atoms with Crippen LogP contribution in [0.25, 0.3) is 55.4 Å². The summed E-state index contributed by atoms with van der Waals surface area (Å²) in [7, 11) is 3.05. The van der Waals surface area contributed by atoms with Crippen LogP contribution in [0, 0.1) is 11.7 Å². The fraction of sp³-hybridized carbons (Fsp3) is 0.411. The van der Waals surface area contributed by atoms with Crippen molar-refractivity contribution in [3.05, 3.63) is 100.0 Å². The zero-order chi connectivity index (χ0) is 53.6. The van der Waals surface area contributed by atoms with Crippen molar-refractivity contribution in [1.29, 1.82) is 0 Å². The molecule has 6 amide bonds. The number of nitrogens with one attached hydrogen (secondary N) is 3. The van der Waals surface area contributed by atoms with E-state index in [4.69, 9.17) is 9.72 Å². The highest BCUT2D eigenvalue weighted by Gasteiger charge is 2.45. The summed E-state index contributed by atoms with van der Waals surface area (Å²) >= 11 is 0. The van der Waals surface area contributed by atoms with Crippen molar-refractivity contribution in [1.82, 2.24) is 54.2 Å². The second-order valence-corrected chi connectivity index (χ2v) is 21.5. The molecular weight excluding hydrogens is 988 g/mol. The first-order valence-corrected chi connectivity index (χ1v) is 26.5. The lowest BCUT2D eigenvalue weighted by molar-refractivity contribution is -0.136. The van der Waals surface area contributed by atoms with Gasteiger partial charge in [-0.3, -0.25) is 52.9 Å². The number of nitrogens with zero attached hydrogens (tertiary/aromatic N) is 9. The first-order chi connectivity index (χ1) is 37.1. The summed E-state index contributed by atoms with van der Waals surface area (Å²) in [4.78, 5) is 107. The lowest BCUT2D eigenvalue weighted by Crippen LogP contribution is -2.54. The summed E-state index contributed by atoms with van der Waals surface area (Å²) in [5, 5.41) is 11.4. The lowest BCUT2D eigenvalue weighted by atomic mass is 9.94. The number of anilines is 1. The summed E-state index contributed by atoms with van der Waals surface area (Å²) in [6.07, 6.45) is 6.51. The molecule has 1 unspecified atom stereocenters. The molecule has 1 saturated carbocycles. The molecule has 3 N–H and O–H groups in total. The van der Waals surface area contributed by atoms with E-state index in [9.17, 15) is 33.6 Å². The topological polar surface area (TPSA) is 222 Å². The third-order valence-corrected chi connectivity index (χ3v) is 16.6. The quantitative estimate of drug-likeness (QED) is 0.131. The second kappa shape index (κ2) is 19.4. The molecule has 3 aromatic carbocycles. The number of methoxy groups -OCH3 is 1. The number of aromatic amines is 1. The van der Waals surface area contributed by atoms with Gasteiger partial charge in [0.2, 0.25) is 11.8 Å². The number of imidazole rings is 1. The largest absolute Gasteiger partial charge is 0.453 e. The number of rotatable bonds is 10. The number of likely N-dealkylation sites (tertiary alicyclic amines) is 1. The molecule has 12 rings (SSSR count). The van der Waals surface area contributed by atoms with E-state index in [0.717, 1.165) is 65.1 Å². The number of hydrogen-bond donors (Lipinski definition) is 3. The number of aromatic nitrogens is 6. The average Bonchev–Trinajstić information content (AvgIpc) is 4.28. The number of hydrogen-bond acceptors (Lipinski definition) is 12. The Kier molecular flexibility index (Phi) is 12.5. The molecule has 4 fully saturated rings. The van der Waals surface area contributed by atoms with Crippen molar-refractivity contribution in [2.75, 3.05) is 57.8 Å². The van der Waals surface area contributed by atoms with Crippen molar-refractivity contribution in [3.63, 3.8) is 0 Å². The van der Waals surface area contributed by atoms with Gasteiger partial charge in [0.15, 0.2) is 0 Å². The molecule has 5 aliphatic rings. The summed E-state index contributed by atoms with van der Waals surface area (Å²) in [5.41, 5.74) is 6.46. The number of piperidine rings is 2. The van der Waals surface area contributed by atoms with E-state index in [1.807, 2.05) is 39.7 Å². The Bertz CT molecular complexity index is 3670. The maximum atomic E-state index is 16.7. The van der Waals surface area contributed by atoms with Crippen molar-refractivity contribution < 1.29 is 37.9 Å². The second-order valence-electron chi connectivity index (χ2n) is 21.5. The predicted molar refractivity (Wildman–Crippen MR) is 284 cm³/mol. The van der Waals surface area contributed by atoms with Gasteiger partial charge >= 0.3 is 11.8 Å². The molecule has 1 aliphatic carbocycles. The zero-order valence-electron chi connectivity index (χ0n) is 43.3. The summed E-state index contributed by atoms with van der Waals surface area (Å²) in [6.45, 7) is 8.94. The van der Waals surface area contributed by atoms with Crippen LogP contribution in [0.5, 0.6) is 0 Å². The number of carbonyl (C=O) groups excluding carboxylic acids is 6. The molecule has 0 radical (unpaired) electrons. The lowest BCUT2D eigenvalue weighted by Gasteiger charge is -2.39. The molecule has 8 heterocycles. The summed E-state index contributed by atoms with van der Waals surface area (Å²) in [6, 6.07) is 14.7. The van der Waals surface area contributed by atoms with Gasteiger partial charge in [0.25, 0.3) is 17.7 Å². The number of halogens is 1. The molecule has 3 atom stereocenters. The number of imide groups is 2. The number of amides is 6. The SMILES string of the molecule is COC(=O)N[C@@H]1CC[C@@H](n2c(=O)n(C)c3cnc4[nH]c(-c5ccc(C(=O)N6CCC(CN7CCN(c8ccc9c(c8)C(=O)N(C8CCC(=O)NC8=O)C9=O)CC7)CC6)c(F)c5)c(-c5ccc6c(cnn6C(C)C)c5)c4c32)C1. The van der Waals surface area contributed by atoms with Crippen LogP contribution in [0.15, 0.2) is 71.8 Å². The van der Waals surface area contributed by atoms with Gasteiger partial charge in [-0.2, -0.15) is 5.10 Å². The Morgan fingerprint density at radius 1 is 0.844 bits per heavy atom. The van der Waals surface area contributed by atoms with Gasteiger partial charge in [0.1, 0.15) is 17.5 Å². The van der Waals surface area contributed by atoms with Gasteiger partial charge in [-0.05, 0) is 106 Å². The fourth-order valence-corrected chi connectivity index (χ4v) is 12.5. The highest BCUT2D eigenvalue weighted by Crippen LogP contribution is 2.44. The molecule has 4 aromatic heterocycles. The van der Waals surface area contributed by atoms with Gasteiger partial charge in [-0.15, -0.1) is 0 Å². The zero-order valence-corrected chi connectivity index (χ0v) is 43.3. The van der Waals surface area contributed by atoms with E-state index in [1.165, 1.54) is 13.2 Å². The number of alkyl carbamates (subject to hydrolysis) is 1. The fourth-order valence-electron chi connectivity index (χ4n) is 12.5. The molecule has 77 heavy (non-hydrogen) atoms. The average molecular weight is 1050 g/mol. The molecule has 398 valence electrons. The monoisotopic (exact) mass is 1050 g/mol. The molecule has 21 heteroatoms. The highest BCUT2D eigenvalue weighted by atomic mass is 19.1. The Morgan fingerprint density at radius 3 is 2.35 bits per heavy atom. The summed E-state index contributed by atoms with van der Waals surface area (Å²) < 4.78 is 26.9. The van der Waals surface area contributed by atoms with Crippen molar-refractivity contribution in [2.45, 2.75) is 83.0 Å². The number of pyridine rings is 1. The van der Waals surface area contributed by atoms with E-state index in [1.54, 1.807) is 47.0 Å². The number of carbonyl (C=O) groups is 6. The molecule has 0 spiro atoms. The van der Waals surface area contributed by atoms with E-state index < -0.39 is 41.6 Å². The highest BCUT2D eigenvalue weighted by molar-refractivity contribution is 6.24. The van der Waals surface area contributed by atoms with E-state index >= 15 is 4.39 Å². The van der Waals surface area contributed by atoms with Crippen LogP contribution in [0.1, 0.15) is 102 Å². The van der Waals surface area contributed by atoms with Crippen LogP contribution in [-0.2, 0) is 21.4 Å². The van der Waals surface area contributed by atoms with E-state index in [2.05, 4.69) is 44.4 Å². The molecule has 20 nitrogen and oxygen atoms in total. The maximum Gasteiger partial charge on any atom is 0.407 e.